The zero-order valence-corrected chi connectivity index (χ0v) is 11.0. The first-order valence-electron chi connectivity index (χ1n) is 6.14. The average Bonchev–Trinajstić information content (AvgIpc) is 3.09. The summed E-state index contributed by atoms with van der Waals surface area (Å²) in [5.74, 6) is 1.32. The molecule has 2 heterocycles. The summed E-state index contributed by atoms with van der Waals surface area (Å²) in [4.78, 5) is 18.6. The van der Waals surface area contributed by atoms with E-state index in [0.717, 1.165) is 12.2 Å². The summed E-state index contributed by atoms with van der Waals surface area (Å²) < 4.78 is 9.97. The van der Waals surface area contributed by atoms with Gasteiger partial charge >= 0.3 is 5.97 Å². The molecule has 19 heavy (non-hydrogen) atoms. The van der Waals surface area contributed by atoms with Crippen LogP contribution in [0.25, 0.3) is 0 Å². The Hall–Kier alpha value is -2.08. The molecule has 0 aliphatic carbocycles. The van der Waals surface area contributed by atoms with Gasteiger partial charge in [-0.15, -0.1) is 0 Å². The summed E-state index contributed by atoms with van der Waals surface area (Å²) in [5.41, 5.74) is 0. The van der Waals surface area contributed by atoms with Crippen molar-refractivity contribution in [3.05, 3.63) is 41.9 Å². The van der Waals surface area contributed by atoms with Crippen molar-refractivity contribution in [2.75, 3.05) is 7.11 Å². The molecule has 6 nitrogen and oxygen atoms in total. The van der Waals surface area contributed by atoms with Gasteiger partial charge in [0, 0.05) is 12.4 Å². The fraction of sp³-hybridized carbons (Fsp3) is 0.385. The van der Waals surface area contributed by atoms with E-state index in [2.05, 4.69) is 26.9 Å². The molecule has 2 rings (SSSR count). The summed E-state index contributed by atoms with van der Waals surface area (Å²) in [7, 11) is 1.33. The molecule has 2 N–H and O–H groups in total. The summed E-state index contributed by atoms with van der Waals surface area (Å²) in [6.07, 6.45) is 4.42. The van der Waals surface area contributed by atoms with E-state index >= 15 is 0 Å². The second-order valence-electron chi connectivity index (χ2n) is 4.07. The number of hydrogen-bond acceptors (Lipinski definition) is 5. The second kappa shape index (κ2) is 6.19. The molecule has 0 saturated carbocycles. The maximum absolute atomic E-state index is 11.3. The Morgan fingerprint density at radius 2 is 2.42 bits per heavy atom. The number of carbonyl (C=O) groups excluding carboxylic acids is 1. The van der Waals surface area contributed by atoms with Crippen LogP contribution in [0.4, 0.5) is 0 Å². The highest BCUT2D eigenvalue weighted by Gasteiger charge is 2.14. The Bertz CT molecular complexity index is 519. The lowest BCUT2D eigenvalue weighted by molar-refractivity contribution is 0.0562. The molecule has 2 aromatic rings. The van der Waals surface area contributed by atoms with Gasteiger partial charge in [-0.2, -0.15) is 0 Å². The molecule has 1 atom stereocenters. The van der Waals surface area contributed by atoms with E-state index in [4.69, 9.17) is 4.42 Å². The largest absolute Gasteiger partial charge is 0.463 e. The van der Waals surface area contributed by atoms with Crippen molar-refractivity contribution in [1.29, 1.82) is 0 Å². The number of rotatable bonds is 6. The summed E-state index contributed by atoms with van der Waals surface area (Å²) in [6.45, 7) is 2.60. The molecule has 0 amide bonds. The van der Waals surface area contributed by atoms with Gasteiger partial charge in [-0.3, -0.25) is 0 Å². The standard InChI is InChI=1S/C13H17N3O3/c1-3-10(12-14-6-7-15-12)16-8-9-4-5-11(19-9)13(17)18-2/h4-7,10,16H,3,8H2,1-2H3,(H,14,15). The van der Waals surface area contributed by atoms with Crippen LogP contribution in [0.1, 0.15) is 41.5 Å². The lowest BCUT2D eigenvalue weighted by Crippen LogP contribution is -2.21. The van der Waals surface area contributed by atoms with Crippen LogP contribution in [0.15, 0.2) is 28.9 Å². The number of aromatic amines is 1. The van der Waals surface area contributed by atoms with Crippen molar-refractivity contribution in [2.24, 2.45) is 0 Å². The summed E-state index contributed by atoms with van der Waals surface area (Å²) in [6, 6.07) is 3.49. The van der Waals surface area contributed by atoms with Crippen molar-refractivity contribution in [1.82, 2.24) is 15.3 Å². The molecule has 2 aromatic heterocycles. The van der Waals surface area contributed by atoms with E-state index in [1.165, 1.54) is 7.11 Å². The lowest BCUT2D eigenvalue weighted by Gasteiger charge is -2.13. The maximum atomic E-state index is 11.3. The van der Waals surface area contributed by atoms with Crippen LogP contribution >= 0.6 is 0 Å². The normalized spacial score (nSPS) is 12.3. The molecule has 0 spiro atoms. The Morgan fingerprint density at radius 3 is 3.05 bits per heavy atom. The van der Waals surface area contributed by atoms with Crippen LogP contribution < -0.4 is 5.32 Å². The van der Waals surface area contributed by atoms with Crippen LogP contribution in [0.5, 0.6) is 0 Å². The topological polar surface area (TPSA) is 80.2 Å². The highest BCUT2D eigenvalue weighted by molar-refractivity contribution is 5.86. The molecule has 0 saturated heterocycles. The number of nitrogens with one attached hydrogen (secondary N) is 2. The van der Waals surface area contributed by atoms with Crippen LogP contribution in [-0.4, -0.2) is 23.0 Å². The van der Waals surface area contributed by atoms with Crippen molar-refractivity contribution in [3.8, 4) is 0 Å². The van der Waals surface area contributed by atoms with Crippen molar-refractivity contribution in [3.63, 3.8) is 0 Å². The third kappa shape index (κ3) is 3.23. The van der Waals surface area contributed by atoms with Gasteiger partial charge in [0.2, 0.25) is 5.76 Å². The number of H-pyrrole nitrogens is 1. The van der Waals surface area contributed by atoms with Crippen LogP contribution in [-0.2, 0) is 11.3 Å². The van der Waals surface area contributed by atoms with E-state index in [1.807, 2.05) is 0 Å². The van der Waals surface area contributed by atoms with Gasteiger partial charge in [0.1, 0.15) is 11.6 Å². The molecule has 0 aliphatic heterocycles. The number of esters is 1. The zero-order chi connectivity index (χ0) is 13.7. The smallest absolute Gasteiger partial charge is 0.373 e. The number of aromatic nitrogens is 2. The highest BCUT2D eigenvalue weighted by Crippen LogP contribution is 2.14. The van der Waals surface area contributed by atoms with Gasteiger partial charge in [0.15, 0.2) is 0 Å². The molecule has 6 heteroatoms. The zero-order valence-electron chi connectivity index (χ0n) is 11.0. The molecule has 0 fully saturated rings. The first-order chi connectivity index (χ1) is 9.24. The summed E-state index contributed by atoms with van der Waals surface area (Å²) in [5, 5.41) is 3.32. The minimum absolute atomic E-state index is 0.127. The molecule has 0 aliphatic rings. The van der Waals surface area contributed by atoms with E-state index in [9.17, 15) is 4.79 Å². The minimum atomic E-state index is -0.468. The van der Waals surface area contributed by atoms with Crippen molar-refractivity contribution >= 4 is 5.97 Å². The highest BCUT2D eigenvalue weighted by atomic mass is 16.5. The fourth-order valence-electron chi connectivity index (χ4n) is 1.81. The Labute approximate surface area is 111 Å². The van der Waals surface area contributed by atoms with Crippen LogP contribution in [0.3, 0.4) is 0 Å². The Balaban J connectivity index is 1.94. The maximum Gasteiger partial charge on any atom is 0.373 e. The molecular weight excluding hydrogens is 246 g/mol. The molecule has 1 unspecified atom stereocenters. The number of carbonyl (C=O) groups is 1. The third-order valence-electron chi connectivity index (χ3n) is 2.83. The fourth-order valence-corrected chi connectivity index (χ4v) is 1.81. The first-order valence-corrected chi connectivity index (χ1v) is 6.14. The van der Waals surface area contributed by atoms with Gasteiger partial charge in [0.25, 0.3) is 0 Å². The van der Waals surface area contributed by atoms with Gasteiger partial charge < -0.3 is 19.5 Å². The minimum Gasteiger partial charge on any atom is -0.463 e. The Morgan fingerprint density at radius 1 is 1.58 bits per heavy atom. The van der Waals surface area contributed by atoms with E-state index in [0.29, 0.717) is 12.3 Å². The average molecular weight is 263 g/mol. The van der Waals surface area contributed by atoms with Gasteiger partial charge in [-0.05, 0) is 18.6 Å². The number of imidazole rings is 1. The molecule has 0 aromatic carbocycles. The van der Waals surface area contributed by atoms with Crippen LogP contribution in [0.2, 0.25) is 0 Å². The quantitative estimate of drug-likeness (QED) is 0.779. The first kappa shape index (κ1) is 13.4. The van der Waals surface area contributed by atoms with Crippen molar-refractivity contribution in [2.45, 2.75) is 25.9 Å². The Kier molecular flexibility index (Phi) is 4.35. The van der Waals surface area contributed by atoms with Gasteiger partial charge in [-0.1, -0.05) is 6.92 Å². The van der Waals surface area contributed by atoms with Crippen molar-refractivity contribution < 1.29 is 13.9 Å². The number of ether oxygens (including phenoxy) is 1. The van der Waals surface area contributed by atoms with Gasteiger partial charge in [-0.25, -0.2) is 9.78 Å². The third-order valence-corrected chi connectivity index (χ3v) is 2.83. The molecule has 0 bridgehead atoms. The SMILES string of the molecule is CCC(NCc1ccc(C(=O)OC)o1)c1ncc[nH]1. The second-order valence-corrected chi connectivity index (χ2v) is 4.07. The van der Waals surface area contributed by atoms with Crippen LogP contribution in [0, 0.1) is 0 Å². The van der Waals surface area contributed by atoms with E-state index in [1.54, 1.807) is 24.5 Å². The molecular formula is C13H17N3O3. The summed E-state index contributed by atoms with van der Waals surface area (Å²) >= 11 is 0. The number of methoxy groups -OCH3 is 1. The van der Waals surface area contributed by atoms with E-state index < -0.39 is 5.97 Å². The molecule has 0 radical (unpaired) electrons. The predicted octanol–water partition coefficient (Wildman–Crippen LogP) is 2.03. The molecule has 102 valence electrons. The van der Waals surface area contributed by atoms with Gasteiger partial charge in [0.05, 0.1) is 19.7 Å². The lowest BCUT2D eigenvalue weighted by atomic mass is 10.2. The monoisotopic (exact) mass is 263 g/mol. The number of nitrogens with zero attached hydrogens (tertiary/aromatic N) is 1. The predicted molar refractivity (Wildman–Crippen MR) is 68.5 cm³/mol. The number of furan rings is 1. The van der Waals surface area contributed by atoms with E-state index in [-0.39, 0.29) is 11.8 Å². The number of hydrogen-bond donors (Lipinski definition) is 2.